The lowest BCUT2D eigenvalue weighted by molar-refractivity contribution is 0.415. The van der Waals surface area contributed by atoms with Gasteiger partial charge in [-0.2, -0.15) is 0 Å². The highest BCUT2D eigenvalue weighted by Crippen LogP contribution is 2.14. The molecule has 0 saturated heterocycles. The zero-order valence-corrected chi connectivity index (χ0v) is 12.3. The predicted octanol–water partition coefficient (Wildman–Crippen LogP) is 3.93. The van der Waals surface area contributed by atoms with E-state index in [1.807, 2.05) is 24.3 Å². The molecule has 0 fully saturated rings. The summed E-state index contributed by atoms with van der Waals surface area (Å²) in [7, 11) is 0.660. The first kappa shape index (κ1) is 13.8. The van der Waals surface area contributed by atoms with Crippen molar-refractivity contribution in [2.45, 2.75) is 26.1 Å². The van der Waals surface area contributed by atoms with Crippen molar-refractivity contribution in [2.24, 2.45) is 0 Å². The Bertz CT molecular complexity index is 351. The van der Waals surface area contributed by atoms with Crippen molar-refractivity contribution in [2.75, 3.05) is 19.0 Å². The van der Waals surface area contributed by atoms with Gasteiger partial charge in [-0.25, -0.2) is 0 Å². The summed E-state index contributed by atoms with van der Waals surface area (Å²) in [6.45, 7) is 8.02. The van der Waals surface area contributed by atoms with E-state index < -0.39 is 8.07 Å². The molecule has 1 N–H and O–H groups in total. The first-order valence-corrected chi connectivity index (χ1v) is 9.64. The molecule has 0 radical (unpaired) electrons. The number of nitrogens with one attached hydrogen (secondary N) is 1. The minimum Gasteiger partial charge on any atom is -0.497 e. The number of methoxy groups -OCH3 is 1. The third-order valence-corrected chi connectivity index (χ3v) is 3.58. The molecule has 2 nitrogen and oxygen atoms in total. The van der Waals surface area contributed by atoms with Gasteiger partial charge in [0.25, 0.3) is 0 Å². The Kier molecular flexibility index (Phi) is 5.29. The summed E-state index contributed by atoms with van der Waals surface area (Å²) >= 11 is 0. The summed E-state index contributed by atoms with van der Waals surface area (Å²) in [6, 6.07) is 8.03. The van der Waals surface area contributed by atoms with Crippen LogP contribution in [0.5, 0.6) is 5.75 Å². The molecule has 0 aliphatic heterocycles. The van der Waals surface area contributed by atoms with Gasteiger partial charge in [0.15, 0.2) is 0 Å². The molecule has 1 rings (SSSR count). The zero-order valence-electron chi connectivity index (χ0n) is 11.3. The van der Waals surface area contributed by atoms with E-state index in [9.17, 15) is 0 Å². The normalized spacial score (nSPS) is 11.8. The third-order valence-electron chi connectivity index (χ3n) is 2.35. The molecule has 0 spiro atoms. The predicted molar refractivity (Wildman–Crippen MR) is 78.6 cm³/mol. The van der Waals surface area contributed by atoms with Gasteiger partial charge in [-0.05, 0) is 30.7 Å². The molecule has 0 aliphatic carbocycles. The highest BCUT2D eigenvalue weighted by Gasteiger charge is 2.05. The molecular weight excluding hydrogens is 226 g/mol. The van der Waals surface area contributed by atoms with Gasteiger partial charge in [0.1, 0.15) is 5.75 Å². The summed E-state index contributed by atoms with van der Waals surface area (Å²) in [5, 5.41) is 3.39. The Morgan fingerprint density at radius 2 is 1.82 bits per heavy atom. The van der Waals surface area contributed by atoms with Gasteiger partial charge in [-0.3, -0.25) is 0 Å². The van der Waals surface area contributed by atoms with Crippen LogP contribution in [0.3, 0.4) is 0 Å². The number of ether oxygens (including phenoxy) is 1. The van der Waals surface area contributed by atoms with Gasteiger partial charge in [-0.1, -0.05) is 31.4 Å². The van der Waals surface area contributed by atoms with Gasteiger partial charge >= 0.3 is 0 Å². The lowest BCUT2D eigenvalue weighted by Crippen LogP contribution is -2.15. The second-order valence-corrected chi connectivity index (χ2v) is 10.3. The maximum Gasteiger partial charge on any atom is 0.119 e. The van der Waals surface area contributed by atoms with Gasteiger partial charge in [0, 0.05) is 12.2 Å². The van der Waals surface area contributed by atoms with E-state index in [-0.39, 0.29) is 0 Å². The fourth-order valence-electron chi connectivity index (χ4n) is 1.45. The third kappa shape index (κ3) is 6.17. The van der Waals surface area contributed by atoms with Crippen molar-refractivity contribution in [1.82, 2.24) is 0 Å². The maximum atomic E-state index is 5.12. The molecular formula is C14H23NOSi. The molecule has 0 bridgehead atoms. The fraction of sp³-hybridized carbons (Fsp3) is 0.429. The molecule has 0 atom stereocenters. The minimum absolute atomic E-state index is 0.897. The fourth-order valence-corrected chi connectivity index (χ4v) is 2.32. The van der Waals surface area contributed by atoms with E-state index in [4.69, 9.17) is 4.74 Å². The molecule has 1 aromatic rings. The lowest BCUT2D eigenvalue weighted by Gasteiger charge is -2.09. The second kappa shape index (κ2) is 6.50. The van der Waals surface area contributed by atoms with Crippen LogP contribution in [-0.4, -0.2) is 21.7 Å². The molecule has 3 heteroatoms. The first-order chi connectivity index (χ1) is 8.01. The lowest BCUT2D eigenvalue weighted by atomic mass is 10.3. The quantitative estimate of drug-likeness (QED) is 0.609. The van der Waals surface area contributed by atoms with Crippen molar-refractivity contribution in [1.29, 1.82) is 0 Å². The van der Waals surface area contributed by atoms with Crippen LogP contribution in [0.4, 0.5) is 5.69 Å². The SMILES string of the molecule is COc1ccc(NCCC=C[Si](C)(C)C)cc1. The average molecular weight is 249 g/mol. The van der Waals surface area contributed by atoms with Gasteiger partial charge in [0.05, 0.1) is 15.2 Å². The van der Waals surface area contributed by atoms with E-state index in [0.717, 1.165) is 24.4 Å². The van der Waals surface area contributed by atoms with E-state index in [2.05, 4.69) is 36.7 Å². The van der Waals surface area contributed by atoms with Gasteiger partial charge < -0.3 is 10.1 Å². The Labute approximate surface area is 106 Å². The number of anilines is 1. The van der Waals surface area contributed by atoms with Gasteiger partial charge in [0.2, 0.25) is 0 Å². The van der Waals surface area contributed by atoms with Crippen LogP contribution < -0.4 is 10.1 Å². The topological polar surface area (TPSA) is 21.3 Å². The number of rotatable bonds is 6. The molecule has 94 valence electrons. The van der Waals surface area contributed by atoms with E-state index in [0.29, 0.717) is 0 Å². The molecule has 0 unspecified atom stereocenters. The van der Waals surface area contributed by atoms with E-state index in [1.54, 1.807) is 7.11 Å². The number of hydrogen-bond donors (Lipinski definition) is 1. The molecule has 0 heterocycles. The van der Waals surface area contributed by atoms with Crippen molar-refractivity contribution in [3.8, 4) is 5.75 Å². The average Bonchev–Trinajstić information content (AvgIpc) is 2.28. The Balaban J connectivity index is 2.29. The van der Waals surface area contributed by atoms with Crippen LogP contribution in [0.1, 0.15) is 6.42 Å². The molecule has 0 saturated carbocycles. The largest absolute Gasteiger partial charge is 0.497 e. The van der Waals surface area contributed by atoms with Crippen molar-refractivity contribution in [3.05, 3.63) is 36.0 Å². The van der Waals surface area contributed by atoms with Crippen LogP contribution >= 0.6 is 0 Å². The highest BCUT2D eigenvalue weighted by molar-refractivity contribution is 6.80. The number of hydrogen-bond acceptors (Lipinski definition) is 2. The van der Waals surface area contributed by atoms with Crippen molar-refractivity contribution >= 4 is 13.8 Å². The summed E-state index contributed by atoms with van der Waals surface area (Å²) in [4.78, 5) is 0. The molecule has 0 aromatic heterocycles. The summed E-state index contributed by atoms with van der Waals surface area (Å²) in [6.07, 6.45) is 3.37. The van der Waals surface area contributed by atoms with Crippen molar-refractivity contribution in [3.63, 3.8) is 0 Å². The molecule has 1 aromatic carbocycles. The Morgan fingerprint density at radius 3 is 2.35 bits per heavy atom. The monoisotopic (exact) mass is 249 g/mol. The van der Waals surface area contributed by atoms with Crippen LogP contribution in [-0.2, 0) is 0 Å². The molecule has 17 heavy (non-hydrogen) atoms. The second-order valence-electron chi connectivity index (χ2n) is 5.21. The number of benzene rings is 1. The first-order valence-electron chi connectivity index (χ1n) is 6.07. The van der Waals surface area contributed by atoms with E-state index >= 15 is 0 Å². The van der Waals surface area contributed by atoms with Gasteiger partial charge in [-0.15, -0.1) is 0 Å². The van der Waals surface area contributed by atoms with Crippen LogP contribution in [0.25, 0.3) is 0 Å². The molecule has 0 aliphatic rings. The summed E-state index contributed by atoms with van der Waals surface area (Å²) in [5.41, 5.74) is 3.54. The van der Waals surface area contributed by atoms with Crippen molar-refractivity contribution < 1.29 is 4.74 Å². The van der Waals surface area contributed by atoms with Crippen LogP contribution in [0, 0.1) is 0 Å². The van der Waals surface area contributed by atoms with Crippen LogP contribution in [0.2, 0.25) is 19.6 Å². The maximum absolute atomic E-state index is 5.12. The standard InChI is InChI=1S/C14H23NOSi/c1-16-14-9-7-13(8-10-14)15-11-5-6-12-17(2,3)4/h6-10,12,15H,5,11H2,1-4H3. The Morgan fingerprint density at radius 1 is 1.18 bits per heavy atom. The Hall–Kier alpha value is -1.22. The smallest absolute Gasteiger partial charge is 0.119 e. The molecule has 0 amide bonds. The zero-order chi connectivity index (χ0) is 12.7. The summed E-state index contributed by atoms with van der Waals surface area (Å²) in [5.74, 6) is 0.897. The minimum atomic E-state index is -1.02. The van der Waals surface area contributed by atoms with E-state index in [1.165, 1.54) is 0 Å². The highest BCUT2D eigenvalue weighted by atomic mass is 28.3. The van der Waals surface area contributed by atoms with Crippen LogP contribution in [0.15, 0.2) is 36.0 Å². The summed E-state index contributed by atoms with van der Waals surface area (Å²) < 4.78 is 5.12.